The minimum Gasteiger partial charge on any atom is -0.480 e. The Labute approximate surface area is 162 Å². The predicted molar refractivity (Wildman–Crippen MR) is 105 cm³/mol. The van der Waals surface area contributed by atoms with Crippen LogP contribution in [0.15, 0.2) is 0 Å². The highest BCUT2D eigenvalue weighted by Crippen LogP contribution is 2.30. The van der Waals surface area contributed by atoms with Gasteiger partial charge >= 0.3 is 12.0 Å². The molecule has 2 amide bonds. The molecule has 3 rings (SSSR count). The van der Waals surface area contributed by atoms with Gasteiger partial charge in [-0.05, 0) is 64.5 Å². The summed E-state index contributed by atoms with van der Waals surface area (Å²) in [6.07, 6.45) is 8.14. The number of hydrogen-bond acceptors (Lipinski definition) is 4. The van der Waals surface area contributed by atoms with Crippen molar-refractivity contribution >= 4 is 12.0 Å². The number of piperidine rings is 1. The Hall–Kier alpha value is -1.34. The van der Waals surface area contributed by atoms with Crippen molar-refractivity contribution in [3.63, 3.8) is 0 Å². The number of carboxylic acid groups (broad SMARTS) is 1. The van der Waals surface area contributed by atoms with Crippen molar-refractivity contribution in [3.05, 3.63) is 0 Å². The van der Waals surface area contributed by atoms with Gasteiger partial charge in [-0.1, -0.05) is 13.3 Å². The Balaban J connectivity index is 1.36. The summed E-state index contributed by atoms with van der Waals surface area (Å²) in [5.74, 6) is -0.256. The van der Waals surface area contributed by atoms with E-state index in [9.17, 15) is 9.59 Å². The first-order chi connectivity index (χ1) is 13.0. The monoisotopic (exact) mass is 380 g/mol. The molecule has 3 fully saturated rings. The minimum atomic E-state index is -0.789. The van der Waals surface area contributed by atoms with Crippen molar-refractivity contribution < 1.29 is 14.7 Å². The first-order valence-corrected chi connectivity index (χ1v) is 10.7. The number of aliphatic carboxylic acids is 1. The molecule has 3 N–H and O–H groups in total. The summed E-state index contributed by atoms with van der Waals surface area (Å²) in [5, 5.41) is 15.2. The Morgan fingerprint density at radius 2 is 1.96 bits per heavy atom. The summed E-state index contributed by atoms with van der Waals surface area (Å²) < 4.78 is 0. The van der Waals surface area contributed by atoms with E-state index >= 15 is 0 Å². The van der Waals surface area contributed by atoms with Crippen molar-refractivity contribution in [2.75, 3.05) is 26.2 Å². The van der Waals surface area contributed by atoms with Gasteiger partial charge in [0.1, 0.15) is 0 Å². The lowest BCUT2D eigenvalue weighted by Gasteiger charge is -2.44. The first kappa shape index (κ1) is 20.4. The molecule has 0 aromatic heterocycles. The van der Waals surface area contributed by atoms with Crippen molar-refractivity contribution in [1.82, 2.24) is 20.4 Å². The van der Waals surface area contributed by atoms with Gasteiger partial charge in [-0.25, -0.2) is 4.79 Å². The molecule has 0 bridgehead atoms. The topological polar surface area (TPSA) is 84.9 Å². The molecule has 7 nitrogen and oxygen atoms in total. The number of carbonyl (C=O) groups excluding carboxylic acids is 1. The molecule has 2 saturated carbocycles. The Kier molecular flexibility index (Phi) is 6.98. The van der Waals surface area contributed by atoms with Crippen LogP contribution in [-0.2, 0) is 4.79 Å². The van der Waals surface area contributed by atoms with Gasteiger partial charge in [0.15, 0.2) is 0 Å². The van der Waals surface area contributed by atoms with E-state index in [2.05, 4.69) is 22.5 Å². The molecule has 2 aliphatic carbocycles. The lowest BCUT2D eigenvalue weighted by molar-refractivity contribution is -0.139. The highest BCUT2D eigenvalue weighted by Gasteiger charge is 2.36. The van der Waals surface area contributed by atoms with Crippen molar-refractivity contribution in [1.29, 1.82) is 0 Å². The standard InChI is InChI=1S/C20H36N4O3/c1-3-23(13-19(25)26)18-10-16(11-18)22-20(27)21-14(2)15-6-5-9-24(12-15)17-7-4-8-17/h14-18H,3-13H2,1-2H3,(H,25,26)(H2,21,22,27). The lowest BCUT2D eigenvalue weighted by Crippen LogP contribution is -2.58. The zero-order valence-corrected chi connectivity index (χ0v) is 16.8. The van der Waals surface area contributed by atoms with E-state index < -0.39 is 5.97 Å². The number of carboxylic acids is 1. The summed E-state index contributed by atoms with van der Waals surface area (Å²) in [5.41, 5.74) is 0. The lowest BCUT2D eigenvalue weighted by atomic mass is 9.85. The van der Waals surface area contributed by atoms with E-state index in [1.54, 1.807) is 0 Å². The normalized spacial score (nSPS) is 30.3. The number of urea groups is 1. The molecule has 2 unspecified atom stereocenters. The molecule has 2 atom stereocenters. The van der Waals surface area contributed by atoms with Crippen LogP contribution >= 0.6 is 0 Å². The molecule has 3 aliphatic rings. The summed E-state index contributed by atoms with van der Waals surface area (Å²) in [6.45, 7) is 7.24. The number of likely N-dealkylation sites (tertiary alicyclic amines) is 1. The quantitative estimate of drug-likeness (QED) is 0.599. The molecule has 27 heavy (non-hydrogen) atoms. The van der Waals surface area contributed by atoms with Gasteiger partial charge in [0.25, 0.3) is 0 Å². The fourth-order valence-corrected chi connectivity index (χ4v) is 4.76. The first-order valence-electron chi connectivity index (χ1n) is 10.7. The average molecular weight is 381 g/mol. The van der Waals surface area contributed by atoms with Crippen LogP contribution in [0, 0.1) is 5.92 Å². The largest absolute Gasteiger partial charge is 0.480 e. The van der Waals surface area contributed by atoms with E-state index in [0.717, 1.165) is 32.0 Å². The third-order valence-corrected chi connectivity index (χ3v) is 6.86. The third kappa shape index (κ3) is 5.35. The highest BCUT2D eigenvalue weighted by atomic mass is 16.4. The van der Waals surface area contributed by atoms with E-state index in [4.69, 9.17) is 5.11 Å². The highest BCUT2D eigenvalue weighted by molar-refractivity contribution is 5.74. The van der Waals surface area contributed by atoms with E-state index in [-0.39, 0.29) is 30.7 Å². The molecular formula is C20H36N4O3. The Morgan fingerprint density at radius 1 is 1.22 bits per heavy atom. The fourth-order valence-electron chi connectivity index (χ4n) is 4.76. The second-order valence-electron chi connectivity index (χ2n) is 8.67. The predicted octanol–water partition coefficient (Wildman–Crippen LogP) is 1.88. The molecule has 7 heteroatoms. The number of carbonyl (C=O) groups is 2. The summed E-state index contributed by atoms with van der Waals surface area (Å²) in [6, 6.07) is 1.31. The van der Waals surface area contributed by atoms with Crippen LogP contribution in [0.25, 0.3) is 0 Å². The number of amides is 2. The summed E-state index contributed by atoms with van der Waals surface area (Å²) in [7, 11) is 0. The van der Waals surface area contributed by atoms with E-state index in [0.29, 0.717) is 5.92 Å². The number of likely N-dealkylation sites (N-methyl/N-ethyl adjacent to an activating group) is 1. The zero-order chi connectivity index (χ0) is 19.4. The maximum atomic E-state index is 12.4. The van der Waals surface area contributed by atoms with Gasteiger partial charge in [0.2, 0.25) is 0 Å². The second kappa shape index (κ2) is 9.24. The molecular weight excluding hydrogens is 344 g/mol. The van der Waals surface area contributed by atoms with E-state index in [1.165, 1.54) is 38.6 Å². The molecule has 0 radical (unpaired) electrons. The van der Waals surface area contributed by atoms with Crippen molar-refractivity contribution in [2.45, 2.75) is 83.0 Å². The maximum Gasteiger partial charge on any atom is 0.317 e. The minimum absolute atomic E-state index is 0.0759. The maximum absolute atomic E-state index is 12.4. The summed E-state index contributed by atoms with van der Waals surface area (Å²) in [4.78, 5) is 27.9. The zero-order valence-electron chi connectivity index (χ0n) is 16.8. The van der Waals surface area contributed by atoms with Crippen molar-refractivity contribution in [3.8, 4) is 0 Å². The van der Waals surface area contributed by atoms with Gasteiger partial charge in [-0.3, -0.25) is 9.69 Å². The SMILES string of the molecule is CCN(CC(=O)O)C1CC(NC(=O)NC(C)C2CCCN(C3CCC3)C2)C1. The van der Waals surface area contributed by atoms with Gasteiger partial charge in [-0.2, -0.15) is 0 Å². The molecule has 154 valence electrons. The Morgan fingerprint density at radius 3 is 2.56 bits per heavy atom. The molecule has 1 heterocycles. The van der Waals surface area contributed by atoms with Crippen LogP contribution in [0.3, 0.4) is 0 Å². The van der Waals surface area contributed by atoms with Gasteiger partial charge in [0, 0.05) is 30.7 Å². The van der Waals surface area contributed by atoms with Crippen LogP contribution < -0.4 is 10.6 Å². The number of nitrogens with zero attached hydrogens (tertiary/aromatic N) is 2. The number of hydrogen-bond donors (Lipinski definition) is 3. The molecule has 0 aromatic rings. The number of nitrogens with one attached hydrogen (secondary N) is 2. The van der Waals surface area contributed by atoms with Crippen molar-refractivity contribution in [2.24, 2.45) is 5.92 Å². The van der Waals surface area contributed by atoms with Gasteiger partial charge in [-0.15, -0.1) is 0 Å². The number of rotatable bonds is 8. The fraction of sp³-hybridized carbons (Fsp3) is 0.900. The van der Waals surface area contributed by atoms with Crippen LogP contribution in [0.4, 0.5) is 4.79 Å². The molecule has 1 saturated heterocycles. The molecule has 0 spiro atoms. The van der Waals surface area contributed by atoms with Gasteiger partial charge < -0.3 is 20.6 Å². The molecule has 1 aliphatic heterocycles. The molecule has 0 aromatic carbocycles. The second-order valence-corrected chi connectivity index (χ2v) is 8.67. The third-order valence-electron chi connectivity index (χ3n) is 6.86. The Bertz CT molecular complexity index is 519. The van der Waals surface area contributed by atoms with Gasteiger partial charge in [0.05, 0.1) is 6.54 Å². The summed E-state index contributed by atoms with van der Waals surface area (Å²) >= 11 is 0. The van der Waals surface area contributed by atoms with Crippen LogP contribution in [0.5, 0.6) is 0 Å². The van der Waals surface area contributed by atoms with Crippen LogP contribution in [-0.4, -0.2) is 77.3 Å². The van der Waals surface area contributed by atoms with Crippen LogP contribution in [0.2, 0.25) is 0 Å². The van der Waals surface area contributed by atoms with Crippen LogP contribution in [0.1, 0.15) is 58.8 Å². The van der Waals surface area contributed by atoms with E-state index in [1.807, 2.05) is 11.8 Å². The average Bonchev–Trinajstić information content (AvgIpc) is 2.54. The smallest absolute Gasteiger partial charge is 0.317 e.